The maximum absolute atomic E-state index is 11.6. The van der Waals surface area contributed by atoms with Crippen LogP contribution in [0, 0.1) is 11.8 Å². The smallest absolute Gasteiger partial charge is 0.303 e. The number of carboxylic acid groups (broad SMARTS) is 1. The second-order valence-corrected chi connectivity index (χ2v) is 5.46. The van der Waals surface area contributed by atoms with E-state index in [9.17, 15) is 9.59 Å². The van der Waals surface area contributed by atoms with Gasteiger partial charge in [0.25, 0.3) is 0 Å². The van der Waals surface area contributed by atoms with Crippen LogP contribution in [0.5, 0.6) is 0 Å². The van der Waals surface area contributed by atoms with Gasteiger partial charge in [0, 0.05) is 32.6 Å². The number of hydrogen-bond acceptors (Lipinski definition) is 3. The molecule has 1 atom stereocenters. The van der Waals surface area contributed by atoms with Crippen LogP contribution in [-0.4, -0.2) is 36.7 Å². The van der Waals surface area contributed by atoms with Gasteiger partial charge in [-0.25, -0.2) is 0 Å². The zero-order chi connectivity index (χ0) is 14.1. The van der Waals surface area contributed by atoms with Crippen molar-refractivity contribution in [2.24, 2.45) is 11.8 Å². The van der Waals surface area contributed by atoms with Crippen LogP contribution in [0.3, 0.4) is 0 Å². The van der Waals surface area contributed by atoms with Gasteiger partial charge in [-0.1, -0.05) is 6.92 Å². The molecule has 1 heterocycles. The number of amides is 1. The van der Waals surface area contributed by atoms with Crippen molar-refractivity contribution in [2.75, 3.05) is 19.8 Å². The largest absolute Gasteiger partial charge is 0.481 e. The van der Waals surface area contributed by atoms with Crippen molar-refractivity contribution in [2.45, 2.75) is 45.4 Å². The van der Waals surface area contributed by atoms with Gasteiger partial charge in [-0.3, -0.25) is 9.59 Å². The Hall–Kier alpha value is -1.10. The highest BCUT2D eigenvalue weighted by Crippen LogP contribution is 2.20. The SMILES string of the molecule is CC(CNC(=O)CCCC1CCOCC1)CC(=O)O. The molecule has 0 aromatic heterocycles. The number of aliphatic carboxylic acids is 1. The molecule has 5 nitrogen and oxygen atoms in total. The Morgan fingerprint density at radius 1 is 1.37 bits per heavy atom. The quantitative estimate of drug-likeness (QED) is 0.706. The fraction of sp³-hybridized carbons (Fsp3) is 0.857. The lowest BCUT2D eigenvalue weighted by atomic mass is 9.94. The summed E-state index contributed by atoms with van der Waals surface area (Å²) in [5, 5.41) is 11.4. The lowest BCUT2D eigenvalue weighted by Crippen LogP contribution is -2.29. The standard InChI is InChI=1S/C14H25NO4/c1-11(9-14(17)18)10-15-13(16)4-2-3-12-5-7-19-8-6-12/h11-12H,2-10H2,1H3,(H,15,16)(H,17,18). The minimum Gasteiger partial charge on any atom is -0.481 e. The van der Waals surface area contributed by atoms with Crippen molar-refractivity contribution < 1.29 is 19.4 Å². The molecule has 1 saturated heterocycles. The molecule has 0 aliphatic carbocycles. The van der Waals surface area contributed by atoms with E-state index in [-0.39, 0.29) is 18.2 Å². The molecule has 1 rings (SSSR count). The number of ether oxygens (including phenoxy) is 1. The minimum atomic E-state index is -0.818. The Labute approximate surface area is 114 Å². The topological polar surface area (TPSA) is 75.6 Å². The summed E-state index contributed by atoms with van der Waals surface area (Å²) in [6.45, 7) is 3.98. The number of hydrogen-bond donors (Lipinski definition) is 2. The molecular weight excluding hydrogens is 246 g/mol. The van der Waals surface area contributed by atoms with Gasteiger partial charge >= 0.3 is 5.97 Å². The first-order valence-corrected chi connectivity index (χ1v) is 7.14. The van der Waals surface area contributed by atoms with Crippen LogP contribution in [0.15, 0.2) is 0 Å². The fourth-order valence-electron chi connectivity index (χ4n) is 2.33. The second-order valence-electron chi connectivity index (χ2n) is 5.46. The van der Waals surface area contributed by atoms with Gasteiger partial charge in [-0.15, -0.1) is 0 Å². The molecule has 0 aromatic carbocycles. The number of nitrogens with one attached hydrogen (secondary N) is 1. The summed E-state index contributed by atoms with van der Waals surface area (Å²) in [5.41, 5.74) is 0. The summed E-state index contributed by atoms with van der Waals surface area (Å²) in [6.07, 6.45) is 4.85. The second kappa shape index (κ2) is 8.91. The molecule has 1 aliphatic heterocycles. The molecule has 1 amide bonds. The summed E-state index contributed by atoms with van der Waals surface area (Å²) >= 11 is 0. The van der Waals surface area contributed by atoms with Crippen molar-refractivity contribution in [3.8, 4) is 0 Å². The number of carbonyl (C=O) groups is 2. The normalized spacial score (nSPS) is 17.9. The molecule has 19 heavy (non-hydrogen) atoms. The van der Waals surface area contributed by atoms with Gasteiger partial charge in [0.1, 0.15) is 0 Å². The first kappa shape index (κ1) is 16.0. The highest BCUT2D eigenvalue weighted by Gasteiger charge is 2.14. The van der Waals surface area contributed by atoms with Crippen LogP contribution in [0.4, 0.5) is 0 Å². The van der Waals surface area contributed by atoms with Crippen LogP contribution in [0.25, 0.3) is 0 Å². The Morgan fingerprint density at radius 2 is 2.05 bits per heavy atom. The Bertz CT molecular complexity index is 287. The van der Waals surface area contributed by atoms with Crippen molar-refractivity contribution in [3.63, 3.8) is 0 Å². The summed E-state index contributed by atoms with van der Waals surface area (Å²) in [4.78, 5) is 22.1. The van der Waals surface area contributed by atoms with Gasteiger partial charge < -0.3 is 15.2 Å². The molecule has 0 saturated carbocycles. The van der Waals surface area contributed by atoms with Gasteiger partial charge in [0.05, 0.1) is 0 Å². The Kier molecular flexibility index (Phi) is 7.48. The van der Waals surface area contributed by atoms with Gasteiger partial charge in [0.2, 0.25) is 5.91 Å². The van der Waals surface area contributed by atoms with Gasteiger partial charge in [-0.2, -0.15) is 0 Å². The van der Waals surface area contributed by atoms with Crippen molar-refractivity contribution in [1.82, 2.24) is 5.32 Å². The monoisotopic (exact) mass is 271 g/mol. The Morgan fingerprint density at radius 3 is 2.68 bits per heavy atom. The molecule has 0 radical (unpaired) electrons. The summed E-state index contributed by atoms with van der Waals surface area (Å²) in [6, 6.07) is 0. The van der Waals surface area contributed by atoms with E-state index >= 15 is 0 Å². The van der Waals surface area contributed by atoms with Gasteiger partial charge in [-0.05, 0) is 37.5 Å². The number of rotatable bonds is 8. The van der Waals surface area contributed by atoms with E-state index in [1.807, 2.05) is 6.92 Å². The van der Waals surface area contributed by atoms with Crippen molar-refractivity contribution in [1.29, 1.82) is 0 Å². The third kappa shape index (κ3) is 7.82. The lowest BCUT2D eigenvalue weighted by molar-refractivity contribution is -0.138. The van der Waals surface area contributed by atoms with E-state index < -0.39 is 5.97 Å². The zero-order valence-electron chi connectivity index (χ0n) is 11.7. The van der Waals surface area contributed by atoms with Crippen LogP contribution in [0.2, 0.25) is 0 Å². The van der Waals surface area contributed by atoms with E-state index in [4.69, 9.17) is 9.84 Å². The first-order valence-electron chi connectivity index (χ1n) is 7.14. The van der Waals surface area contributed by atoms with Crippen LogP contribution < -0.4 is 5.32 Å². The molecule has 0 bridgehead atoms. The number of carboxylic acids is 1. The molecule has 1 aliphatic rings. The Balaban J connectivity index is 2.02. The molecule has 0 aromatic rings. The summed E-state index contributed by atoms with van der Waals surface area (Å²) in [7, 11) is 0. The minimum absolute atomic E-state index is 0.0167. The van der Waals surface area contributed by atoms with Gasteiger partial charge in [0.15, 0.2) is 0 Å². The third-order valence-electron chi connectivity index (χ3n) is 3.53. The van der Waals surface area contributed by atoms with Crippen molar-refractivity contribution >= 4 is 11.9 Å². The molecule has 0 spiro atoms. The third-order valence-corrected chi connectivity index (χ3v) is 3.53. The lowest BCUT2D eigenvalue weighted by Gasteiger charge is -2.21. The molecule has 1 fully saturated rings. The molecular formula is C14H25NO4. The highest BCUT2D eigenvalue weighted by atomic mass is 16.5. The van der Waals surface area contributed by atoms with E-state index in [0.29, 0.717) is 18.9 Å². The molecule has 5 heteroatoms. The molecule has 1 unspecified atom stereocenters. The molecule has 110 valence electrons. The molecule has 2 N–H and O–H groups in total. The van der Waals surface area contributed by atoms with E-state index in [1.165, 1.54) is 0 Å². The fourth-order valence-corrected chi connectivity index (χ4v) is 2.33. The van der Waals surface area contributed by atoms with E-state index in [1.54, 1.807) is 0 Å². The highest BCUT2D eigenvalue weighted by molar-refractivity contribution is 5.75. The van der Waals surface area contributed by atoms with Crippen LogP contribution in [-0.2, 0) is 14.3 Å². The first-order chi connectivity index (χ1) is 9.08. The maximum Gasteiger partial charge on any atom is 0.303 e. The number of carbonyl (C=O) groups excluding carboxylic acids is 1. The zero-order valence-corrected chi connectivity index (χ0v) is 11.7. The predicted molar refractivity (Wildman–Crippen MR) is 71.8 cm³/mol. The average molecular weight is 271 g/mol. The predicted octanol–water partition coefficient (Wildman–Crippen LogP) is 1.81. The average Bonchev–Trinajstić information content (AvgIpc) is 2.37. The van der Waals surface area contributed by atoms with Crippen molar-refractivity contribution in [3.05, 3.63) is 0 Å². The van der Waals surface area contributed by atoms with Crippen LogP contribution in [0.1, 0.15) is 45.4 Å². The summed E-state index contributed by atoms with van der Waals surface area (Å²) in [5.74, 6) is -0.102. The van der Waals surface area contributed by atoms with E-state index in [0.717, 1.165) is 38.9 Å². The maximum atomic E-state index is 11.6. The van der Waals surface area contributed by atoms with Crippen LogP contribution >= 0.6 is 0 Å². The summed E-state index contributed by atoms with van der Waals surface area (Å²) < 4.78 is 5.30. The van der Waals surface area contributed by atoms with E-state index in [2.05, 4.69) is 5.32 Å².